The molecular formula is C22H26O6. The number of hydrogen-bond acceptors (Lipinski definition) is 6. The number of ketones is 1. The fraction of sp³-hybridized carbons (Fsp3) is 0.409. The van der Waals surface area contributed by atoms with E-state index in [1.807, 2.05) is 19.1 Å². The quantitative estimate of drug-likeness (QED) is 0.452. The lowest BCUT2D eigenvalue weighted by molar-refractivity contribution is -0.145. The summed E-state index contributed by atoms with van der Waals surface area (Å²) >= 11 is 0. The first-order valence-electron chi connectivity index (χ1n) is 9.35. The number of carbonyl (C=O) groups excluding carboxylic acids is 2. The molecule has 0 saturated carbocycles. The maximum absolute atomic E-state index is 12.1. The first-order valence-corrected chi connectivity index (χ1v) is 9.35. The van der Waals surface area contributed by atoms with Crippen molar-refractivity contribution >= 4 is 11.8 Å². The van der Waals surface area contributed by atoms with Crippen LogP contribution in [0.1, 0.15) is 54.8 Å². The number of esters is 1. The Morgan fingerprint density at radius 3 is 2.46 bits per heavy atom. The van der Waals surface area contributed by atoms with E-state index in [0.717, 1.165) is 12.0 Å². The van der Waals surface area contributed by atoms with E-state index in [4.69, 9.17) is 13.9 Å². The van der Waals surface area contributed by atoms with Crippen LogP contribution in [-0.2, 0) is 16.1 Å². The lowest BCUT2D eigenvalue weighted by Gasteiger charge is -2.08. The summed E-state index contributed by atoms with van der Waals surface area (Å²) in [5, 5.41) is 0. The number of rotatable bonds is 10. The smallest absolute Gasteiger partial charge is 0.306 e. The third kappa shape index (κ3) is 7.02. The van der Waals surface area contributed by atoms with Crippen molar-refractivity contribution in [3.8, 4) is 5.75 Å². The molecule has 1 aromatic heterocycles. The van der Waals surface area contributed by atoms with Crippen molar-refractivity contribution in [2.24, 2.45) is 5.92 Å². The van der Waals surface area contributed by atoms with E-state index >= 15 is 0 Å². The zero-order chi connectivity index (χ0) is 20.5. The summed E-state index contributed by atoms with van der Waals surface area (Å²) in [6, 6.07) is 8.42. The second-order valence-corrected chi connectivity index (χ2v) is 7.06. The minimum absolute atomic E-state index is 0.0344. The van der Waals surface area contributed by atoms with Gasteiger partial charge in [-0.05, 0) is 19.3 Å². The van der Waals surface area contributed by atoms with Crippen LogP contribution >= 0.6 is 0 Å². The van der Waals surface area contributed by atoms with Crippen molar-refractivity contribution in [2.45, 2.75) is 46.6 Å². The molecule has 6 heteroatoms. The van der Waals surface area contributed by atoms with Crippen LogP contribution in [0.5, 0.6) is 5.75 Å². The maximum Gasteiger partial charge on any atom is 0.306 e. The summed E-state index contributed by atoms with van der Waals surface area (Å²) in [4.78, 5) is 35.9. The van der Waals surface area contributed by atoms with Gasteiger partial charge in [0, 0.05) is 18.1 Å². The van der Waals surface area contributed by atoms with Crippen LogP contribution in [0, 0.1) is 12.8 Å². The van der Waals surface area contributed by atoms with Crippen molar-refractivity contribution < 1.29 is 23.5 Å². The van der Waals surface area contributed by atoms with Gasteiger partial charge < -0.3 is 13.9 Å². The highest BCUT2D eigenvalue weighted by atomic mass is 16.5. The number of hydrogen-bond donors (Lipinski definition) is 0. The van der Waals surface area contributed by atoms with E-state index < -0.39 is 5.97 Å². The largest absolute Gasteiger partial charge is 0.487 e. The number of carbonyl (C=O) groups is 2. The molecule has 6 nitrogen and oxygen atoms in total. The molecule has 1 heterocycles. The zero-order valence-electron chi connectivity index (χ0n) is 16.5. The van der Waals surface area contributed by atoms with Gasteiger partial charge in [0.1, 0.15) is 18.6 Å². The van der Waals surface area contributed by atoms with E-state index in [1.54, 1.807) is 12.1 Å². The Balaban J connectivity index is 1.77. The van der Waals surface area contributed by atoms with Gasteiger partial charge in [0.15, 0.2) is 5.78 Å². The van der Waals surface area contributed by atoms with Crippen molar-refractivity contribution in [1.29, 1.82) is 0 Å². The molecule has 2 rings (SSSR count). The van der Waals surface area contributed by atoms with Gasteiger partial charge in [-0.1, -0.05) is 43.7 Å². The molecule has 0 unspecified atom stereocenters. The summed E-state index contributed by atoms with van der Waals surface area (Å²) in [6.07, 6.45) is 2.09. The summed E-state index contributed by atoms with van der Waals surface area (Å²) < 4.78 is 15.8. The maximum atomic E-state index is 12.1. The number of Topliss-reactive ketones (excluding diaryl/α,β-unsaturated/α-hetero) is 1. The lowest BCUT2D eigenvalue weighted by Crippen LogP contribution is -2.12. The zero-order valence-corrected chi connectivity index (χ0v) is 16.5. The molecule has 0 N–H and O–H groups in total. The minimum atomic E-state index is -0.527. The molecule has 0 aliphatic heterocycles. The molecule has 0 aliphatic carbocycles. The SMILES string of the molecule is Cc1ccc(C(=O)CCC(=O)OCc2cc(=O)c(OCCC(C)C)co2)cc1. The first kappa shape index (κ1) is 21.4. The van der Waals surface area contributed by atoms with E-state index in [2.05, 4.69) is 13.8 Å². The second kappa shape index (κ2) is 10.4. The predicted molar refractivity (Wildman–Crippen MR) is 104 cm³/mol. The molecule has 0 aliphatic rings. The summed E-state index contributed by atoms with van der Waals surface area (Å²) in [5.74, 6) is 0.189. The van der Waals surface area contributed by atoms with Gasteiger partial charge in [0.05, 0.1) is 13.0 Å². The molecule has 0 fully saturated rings. The summed E-state index contributed by atoms with van der Waals surface area (Å²) in [7, 11) is 0. The van der Waals surface area contributed by atoms with Gasteiger partial charge in [0.2, 0.25) is 11.2 Å². The van der Waals surface area contributed by atoms with Crippen LogP contribution in [0.3, 0.4) is 0 Å². The fourth-order valence-electron chi connectivity index (χ4n) is 2.35. The highest BCUT2D eigenvalue weighted by Gasteiger charge is 2.12. The van der Waals surface area contributed by atoms with E-state index in [9.17, 15) is 14.4 Å². The Morgan fingerprint density at radius 1 is 1.11 bits per heavy atom. The average molecular weight is 386 g/mol. The Morgan fingerprint density at radius 2 is 1.82 bits per heavy atom. The van der Waals surface area contributed by atoms with Crippen LogP contribution in [0.4, 0.5) is 0 Å². The molecule has 0 radical (unpaired) electrons. The topological polar surface area (TPSA) is 82.8 Å². The Labute approximate surface area is 164 Å². The standard InChI is InChI=1S/C22H26O6/c1-15(2)10-11-26-21-14-27-18(12-20(21)24)13-28-22(25)9-8-19(23)17-6-4-16(3)5-7-17/h4-7,12,14-15H,8-11,13H2,1-3H3. The Bertz CT molecular complexity index is 848. The minimum Gasteiger partial charge on any atom is -0.487 e. The Kier molecular flexibility index (Phi) is 7.99. The van der Waals surface area contributed by atoms with Crippen molar-refractivity contribution in [3.05, 3.63) is 63.7 Å². The summed E-state index contributed by atoms with van der Waals surface area (Å²) in [5.41, 5.74) is 1.31. The van der Waals surface area contributed by atoms with Gasteiger partial charge in [-0.2, -0.15) is 0 Å². The summed E-state index contributed by atoms with van der Waals surface area (Å²) in [6.45, 7) is 6.34. The highest BCUT2D eigenvalue weighted by Crippen LogP contribution is 2.11. The van der Waals surface area contributed by atoms with Crippen molar-refractivity contribution in [1.82, 2.24) is 0 Å². The third-order valence-corrected chi connectivity index (χ3v) is 4.11. The van der Waals surface area contributed by atoms with Crippen LogP contribution in [-0.4, -0.2) is 18.4 Å². The van der Waals surface area contributed by atoms with Gasteiger partial charge in [0.25, 0.3) is 0 Å². The van der Waals surface area contributed by atoms with Crippen LogP contribution in [0.15, 0.2) is 45.8 Å². The van der Waals surface area contributed by atoms with E-state index in [-0.39, 0.29) is 42.2 Å². The second-order valence-electron chi connectivity index (χ2n) is 7.06. The van der Waals surface area contributed by atoms with Gasteiger partial charge in [-0.3, -0.25) is 14.4 Å². The number of benzene rings is 1. The van der Waals surface area contributed by atoms with Crippen molar-refractivity contribution in [3.63, 3.8) is 0 Å². The number of ether oxygens (including phenoxy) is 2. The molecule has 0 bridgehead atoms. The molecule has 0 saturated heterocycles. The third-order valence-electron chi connectivity index (χ3n) is 4.11. The van der Waals surface area contributed by atoms with E-state index in [0.29, 0.717) is 18.1 Å². The first-order chi connectivity index (χ1) is 13.3. The lowest BCUT2D eigenvalue weighted by atomic mass is 10.1. The molecule has 2 aromatic rings. The fourth-order valence-corrected chi connectivity index (χ4v) is 2.35. The molecular weight excluding hydrogens is 360 g/mol. The molecule has 0 spiro atoms. The van der Waals surface area contributed by atoms with Crippen LogP contribution in [0.2, 0.25) is 0 Å². The monoisotopic (exact) mass is 386 g/mol. The normalized spacial score (nSPS) is 10.7. The molecule has 28 heavy (non-hydrogen) atoms. The highest BCUT2D eigenvalue weighted by molar-refractivity contribution is 5.97. The van der Waals surface area contributed by atoms with Gasteiger partial charge in [-0.25, -0.2) is 0 Å². The van der Waals surface area contributed by atoms with Crippen LogP contribution < -0.4 is 10.2 Å². The average Bonchev–Trinajstić information content (AvgIpc) is 2.66. The molecule has 0 atom stereocenters. The van der Waals surface area contributed by atoms with Gasteiger partial charge in [-0.15, -0.1) is 0 Å². The molecule has 1 aromatic carbocycles. The van der Waals surface area contributed by atoms with Crippen molar-refractivity contribution in [2.75, 3.05) is 6.61 Å². The predicted octanol–water partition coefficient (Wildman–Crippen LogP) is 4.08. The van der Waals surface area contributed by atoms with Crippen LogP contribution in [0.25, 0.3) is 0 Å². The number of aryl methyl sites for hydroxylation is 1. The van der Waals surface area contributed by atoms with E-state index in [1.165, 1.54) is 12.3 Å². The molecule has 0 amide bonds. The van der Waals surface area contributed by atoms with Gasteiger partial charge >= 0.3 is 5.97 Å². The Hall–Kier alpha value is -2.89. The molecule has 150 valence electrons.